The molecule has 2 spiro atoms. The summed E-state index contributed by atoms with van der Waals surface area (Å²) in [6, 6.07) is 28.6. The number of nitrogens with one attached hydrogen (secondary N) is 2. The number of carbonyl (C=O) groups is 2. The number of hydrogen-bond donors (Lipinski definition) is 2. The first kappa shape index (κ1) is 22.6. The molecule has 3 saturated heterocycles. The molecule has 3 aromatic carbocycles. The van der Waals surface area contributed by atoms with Crippen molar-refractivity contribution in [1.29, 1.82) is 0 Å². The molecule has 4 heterocycles. The summed E-state index contributed by atoms with van der Waals surface area (Å²) in [6.45, 7) is 1.77. The monoisotopic (exact) mass is 489 g/mol. The van der Waals surface area contributed by atoms with Crippen molar-refractivity contribution in [3.63, 3.8) is 0 Å². The van der Waals surface area contributed by atoms with Crippen molar-refractivity contribution >= 4 is 23.5 Å². The third-order valence-corrected chi connectivity index (χ3v) is 9.15. The van der Waals surface area contributed by atoms with Crippen molar-refractivity contribution < 1.29 is 9.59 Å². The Morgan fingerprint density at radius 2 is 1.59 bits per heavy atom. The molecule has 3 fully saturated rings. The van der Waals surface area contributed by atoms with Crippen LogP contribution in [0.5, 0.6) is 0 Å². The van der Waals surface area contributed by atoms with Crippen LogP contribution in [-0.2, 0) is 15.1 Å². The molecule has 4 aliphatic rings. The minimum atomic E-state index is -1.06. The normalized spacial score (nSPS) is 32.1. The number of carbonyl (C=O) groups excluding carboxylic acids is 2. The van der Waals surface area contributed by atoms with Crippen molar-refractivity contribution in [2.24, 2.45) is 5.41 Å². The Kier molecular flexibility index (Phi) is 5.20. The highest BCUT2D eigenvalue weighted by Gasteiger charge is 2.77. The summed E-state index contributed by atoms with van der Waals surface area (Å²) < 4.78 is 0. The topological polar surface area (TPSA) is 61.4 Å². The number of fused-ring (bicyclic) bond motifs is 5. The zero-order valence-electron chi connectivity index (χ0n) is 20.8. The molecule has 0 aliphatic carbocycles. The number of piperidine rings is 2. The van der Waals surface area contributed by atoms with E-state index in [2.05, 4.69) is 45.9 Å². The van der Waals surface area contributed by atoms with E-state index in [-0.39, 0.29) is 23.7 Å². The summed E-state index contributed by atoms with van der Waals surface area (Å²) in [7, 11) is 0. The van der Waals surface area contributed by atoms with Crippen LogP contribution in [0.2, 0.25) is 0 Å². The van der Waals surface area contributed by atoms with E-state index in [0.717, 1.165) is 53.8 Å². The van der Waals surface area contributed by atoms with Gasteiger partial charge in [0.15, 0.2) is 5.78 Å². The van der Waals surface area contributed by atoms with Crippen LogP contribution in [0.1, 0.15) is 41.9 Å². The van der Waals surface area contributed by atoms with Gasteiger partial charge in [0.1, 0.15) is 5.54 Å². The molecule has 0 bridgehead atoms. The Labute approximate surface area is 217 Å². The average Bonchev–Trinajstić information content (AvgIpc) is 3.39. The van der Waals surface area contributed by atoms with Crippen molar-refractivity contribution in [2.75, 3.05) is 25.0 Å². The zero-order valence-corrected chi connectivity index (χ0v) is 20.8. The van der Waals surface area contributed by atoms with E-state index in [9.17, 15) is 4.79 Å². The molecule has 3 aromatic rings. The number of para-hydroxylation sites is 1. The molecule has 186 valence electrons. The summed E-state index contributed by atoms with van der Waals surface area (Å²) in [5.41, 5.74) is 2.63. The van der Waals surface area contributed by atoms with E-state index >= 15 is 4.79 Å². The fraction of sp³-hybridized carbons (Fsp3) is 0.312. The van der Waals surface area contributed by atoms with Crippen molar-refractivity contribution in [2.45, 2.75) is 36.8 Å². The molecular weight excluding hydrogens is 458 g/mol. The van der Waals surface area contributed by atoms with Gasteiger partial charge in [0.2, 0.25) is 0 Å². The SMILES string of the molecule is O=C1/C(=C/c2ccccc2)CNCC12[C@@H](c1ccccc1)[C@@H]1CCCCN1[C@@]21C(=O)Nc2ccccc21. The second-order valence-electron chi connectivity index (χ2n) is 10.8. The molecule has 0 radical (unpaired) electrons. The number of benzene rings is 3. The van der Waals surface area contributed by atoms with Gasteiger partial charge in [-0.15, -0.1) is 0 Å². The molecular formula is C32H31N3O2. The predicted molar refractivity (Wildman–Crippen MR) is 145 cm³/mol. The number of Topliss-reactive ketones (excluding diaryl/α,β-unsaturated/α-hetero) is 1. The fourth-order valence-corrected chi connectivity index (χ4v) is 7.92. The molecule has 0 saturated carbocycles. The summed E-state index contributed by atoms with van der Waals surface area (Å²) >= 11 is 0. The number of hydrogen-bond acceptors (Lipinski definition) is 4. The van der Waals surface area contributed by atoms with Crippen LogP contribution < -0.4 is 10.6 Å². The summed E-state index contributed by atoms with van der Waals surface area (Å²) in [4.78, 5) is 31.9. The van der Waals surface area contributed by atoms with Gasteiger partial charge in [-0.3, -0.25) is 14.5 Å². The molecule has 1 amide bonds. The van der Waals surface area contributed by atoms with Gasteiger partial charge < -0.3 is 10.6 Å². The van der Waals surface area contributed by atoms with Gasteiger partial charge in [0, 0.05) is 41.9 Å². The molecule has 4 aliphatic heterocycles. The van der Waals surface area contributed by atoms with Gasteiger partial charge in [-0.2, -0.15) is 0 Å². The van der Waals surface area contributed by atoms with Gasteiger partial charge in [-0.25, -0.2) is 0 Å². The Morgan fingerprint density at radius 3 is 2.41 bits per heavy atom. The highest BCUT2D eigenvalue weighted by Crippen LogP contribution is 2.67. The first-order chi connectivity index (χ1) is 18.2. The van der Waals surface area contributed by atoms with E-state index in [4.69, 9.17) is 0 Å². The molecule has 4 atom stereocenters. The van der Waals surface area contributed by atoms with E-state index in [1.54, 1.807) is 0 Å². The van der Waals surface area contributed by atoms with E-state index < -0.39 is 11.0 Å². The van der Waals surface area contributed by atoms with Crippen LogP contribution in [0.25, 0.3) is 6.08 Å². The van der Waals surface area contributed by atoms with Crippen molar-refractivity contribution in [3.05, 3.63) is 107 Å². The second-order valence-corrected chi connectivity index (χ2v) is 10.8. The highest BCUT2D eigenvalue weighted by atomic mass is 16.2. The zero-order chi connectivity index (χ0) is 25.0. The lowest BCUT2D eigenvalue weighted by Gasteiger charge is -2.49. The lowest BCUT2D eigenvalue weighted by molar-refractivity contribution is -0.145. The highest BCUT2D eigenvalue weighted by molar-refractivity contribution is 6.16. The standard InChI is InChI=1S/C32H31N3O2/c36-29-24(19-22-11-3-1-4-12-22)20-33-21-31(29)28(23-13-5-2-6-14-23)27-17-9-10-18-35(27)32(31)25-15-7-8-16-26(25)34-30(32)37/h1-8,11-16,19,27-28,33H,9-10,17-18,20-21H2,(H,34,37)/b24-19+/t27-,28-,31?,32-/m0/s1. The Hall–Kier alpha value is -3.54. The lowest BCUT2D eigenvalue weighted by Crippen LogP contribution is -2.65. The average molecular weight is 490 g/mol. The Morgan fingerprint density at radius 1 is 0.865 bits per heavy atom. The van der Waals surface area contributed by atoms with Gasteiger partial charge >= 0.3 is 0 Å². The van der Waals surface area contributed by atoms with Crippen LogP contribution in [-0.4, -0.2) is 42.3 Å². The minimum absolute atomic E-state index is 0.0601. The quantitative estimate of drug-likeness (QED) is 0.511. The third-order valence-electron chi connectivity index (χ3n) is 9.15. The summed E-state index contributed by atoms with van der Waals surface area (Å²) in [6.07, 6.45) is 5.12. The third kappa shape index (κ3) is 2.98. The van der Waals surface area contributed by atoms with Crippen LogP contribution >= 0.6 is 0 Å². The number of ketones is 1. The Balaban J connectivity index is 1.53. The number of nitrogens with zero attached hydrogens (tertiary/aromatic N) is 1. The minimum Gasteiger partial charge on any atom is -0.324 e. The maximum Gasteiger partial charge on any atom is 0.250 e. The first-order valence-corrected chi connectivity index (χ1v) is 13.4. The molecule has 1 unspecified atom stereocenters. The van der Waals surface area contributed by atoms with E-state index in [1.807, 2.05) is 60.7 Å². The smallest absolute Gasteiger partial charge is 0.250 e. The van der Waals surface area contributed by atoms with Gasteiger partial charge in [-0.05, 0) is 42.7 Å². The van der Waals surface area contributed by atoms with Gasteiger partial charge in [0.25, 0.3) is 5.91 Å². The van der Waals surface area contributed by atoms with Crippen molar-refractivity contribution in [3.8, 4) is 0 Å². The molecule has 37 heavy (non-hydrogen) atoms. The number of amides is 1. The molecule has 0 aromatic heterocycles. The van der Waals surface area contributed by atoms with Crippen LogP contribution in [0, 0.1) is 5.41 Å². The van der Waals surface area contributed by atoms with Crippen LogP contribution in [0.3, 0.4) is 0 Å². The maximum atomic E-state index is 15.1. The van der Waals surface area contributed by atoms with Gasteiger partial charge in [-0.1, -0.05) is 85.3 Å². The van der Waals surface area contributed by atoms with E-state index in [0.29, 0.717) is 13.1 Å². The number of anilines is 1. The summed E-state index contributed by atoms with van der Waals surface area (Å²) in [5.74, 6) is -0.0641. The predicted octanol–water partition coefficient (Wildman–Crippen LogP) is 4.73. The second kappa shape index (κ2) is 8.51. The molecule has 2 N–H and O–H groups in total. The molecule has 5 nitrogen and oxygen atoms in total. The van der Waals surface area contributed by atoms with Crippen molar-refractivity contribution in [1.82, 2.24) is 10.2 Å². The van der Waals surface area contributed by atoms with Crippen LogP contribution in [0.4, 0.5) is 5.69 Å². The molecule has 7 rings (SSSR count). The number of rotatable bonds is 2. The largest absolute Gasteiger partial charge is 0.324 e. The first-order valence-electron chi connectivity index (χ1n) is 13.4. The Bertz CT molecular complexity index is 1400. The van der Waals surface area contributed by atoms with Crippen LogP contribution in [0.15, 0.2) is 90.5 Å². The van der Waals surface area contributed by atoms with Gasteiger partial charge in [0.05, 0.1) is 5.41 Å². The fourth-order valence-electron chi connectivity index (χ4n) is 7.92. The van der Waals surface area contributed by atoms with E-state index in [1.165, 1.54) is 0 Å². The lowest BCUT2D eigenvalue weighted by atomic mass is 9.55. The summed E-state index contributed by atoms with van der Waals surface area (Å²) in [5, 5.41) is 6.85. The maximum absolute atomic E-state index is 15.1. The molecule has 5 heteroatoms.